The average Bonchev–Trinajstić information content (AvgIpc) is 2.73. The Morgan fingerprint density at radius 2 is 1.68 bits per heavy atom. The maximum absolute atomic E-state index is 12.5. The molecule has 5 heteroatoms. The zero-order valence-corrected chi connectivity index (χ0v) is 15.8. The first kappa shape index (κ1) is 18.2. The Balaban J connectivity index is 1.30. The third-order valence-electron chi connectivity index (χ3n) is 5.14. The molecular formula is C23H24N2O3. The van der Waals surface area contributed by atoms with E-state index in [0.717, 1.165) is 13.1 Å². The van der Waals surface area contributed by atoms with E-state index in [2.05, 4.69) is 47.4 Å². The van der Waals surface area contributed by atoms with Gasteiger partial charge in [-0.15, -0.1) is 0 Å². The fraction of sp³-hybridized carbons (Fsp3) is 0.261. The summed E-state index contributed by atoms with van der Waals surface area (Å²) in [6.45, 7) is 3.40. The number of phenolic OH excluding ortho intramolecular Hbond substituents is 1. The first-order valence-corrected chi connectivity index (χ1v) is 9.63. The van der Waals surface area contributed by atoms with Crippen molar-refractivity contribution in [2.75, 3.05) is 37.7 Å². The molecule has 0 saturated carbocycles. The molecule has 0 aromatic heterocycles. The molecule has 28 heavy (non-hydrogen) atoms. The van der Waals surface area contributed by atoms with E-state index in [1.54, 1.807) is 24.3 Å². The Bertz CT molecular complexity index is 959. The second-order valence-electron chi connectivity index (χ2n) is 6.96. The van der Waals surface area contributed by atoms with Gasteiger partial charge >= 0.3 is 0 Å². The number of carbonyl (C=O) groups excluding carboxylic acids is 1. The summed E-state index contributed by atoms with van der Waals surface area (Å²) in [6.07, 6.45) is 0.337. The van der Waals surface area contributed by atoms with Crippen LogP contribution < -0.4 is 9.64 Å². The van der Waals surface area contributed by atoms with Crippen molar-refractivity contribution in [3.8, 4) is 11.5 Å². The van der Waals surface area contributed by atoms with Crippen molar-refractivity contribution in [1.29, 1.82) is 0 Å². The molecule has 3 aromatic carbocycles. The van der Waals surface area contributed by atoms with Crippen LogP contribution in [0.4, 0.5) is 5.69 Å². The number of benzene rings is 3. The summed E-state index contributed by atoms with van der Waals surface area (Å²) in [5, 5.41) is 11.9. The first-order valence-electron chi connectivity index (χ1n) is 9.63. The van der Waals surface area contributed by atoms with Crippen LogP contribution in [-0.4, -0.2) is 48.7 Å². The van der Waals surface area contributed by atoms with Gasteiger partial charge < -0.3 is 19.6 Å². The number of nitrogens with zero attached hydrogens (tertiary/aromatic N) is 2. The fourth-order valence-electron chi connectivity index (χ4n) is 3.67. The Morgan fingerprint density at radius 1 is 0.929 bits per heavy atom. The number of hydrogen-bond donors (Lipinski definition) is 1. The van der Waals surface area contributed by atoms with Gasteiger partial charge in [0.25, 0.3) is 0 Å². The molecule has 1 fully saturated rings. The minimum atomic E-state index is 0.109. The molecule has 0 bridgehead atoms. The summed E-state index contributed by atoms with van der Waals surface area (Å²) in [6, 6.07) is 21.4. The molecule has 1 aliphatic rings. The summed E-state index contributed by atoms with van der Waals surface area (Å²) in [5.74, 6) is 0.847. The third-order valence-corrected chi connectivity index (χ3v) is 5.14. The second-order valence-corrected chi connectivity index (χ2v) is 6.96. The van der Waals surface area contributed by atoms with Gasteiger partial charge in [0.05, 0.1) is 13.0 Å². The molecule has 1 saturated heterocycles. The van der Waals surface area contributed by atoms with Crippen LogP contribution in [0.15, 0.2) is 66.7 Å². The van der Waals surface area contributed by atoms with Crippen LogP contribution in [0, 0.1) is 0 Å². The second kappa shape index (κ2) is 8.21. The topological polar surface area (TPSA) is 53.0 Å². The van der Waals surface area contributed by atoms with Gasteiger partial charge in [-0.3, -0.25) is 4.79 Å². The third kappa shape index (κ3) is 4.03. The van der Waals surface area contributed by atoms with Crippen LogP contribution >= 0.6 is 0 Å². The molecule has 5 nitrogen and oxygen atoms in total. The molecule has 144 valence electrons. The van der Waals surface area contributed by atoms with Gasteiger partial charge in [-0.2, -0.15) is 0 Å². The number of anilines is 1. The lowest BCUT2D eigenvalue weighted by Crippen LogP contribution is -2.49. The van der Waals surface area contributed by atoms with Crippen molar-refractivity contribution < 1.29 is 14.6 Å². The molecule has 0 radical (unpaired) electrons. The molecule has 1 amide bonds. The van der Waals surface area contributed by atoms with E-state index in [9.17, 15) is 9.90 Å². The van der Waals surface area contributed by atoms with E-state index in [0.29, 0.717) is 31.9 Å². The van der Waals surface area contributed by atoms with Gasteiger partial charge in [0.1, 0.15) is 11.5 Å². The summed E-state index contributed by atoms with van der Waals surface area (Å²) in [4.78, 5) is 16.8. The standard InChI is InChI=1S/C23H24N2O3/c26-19-7-4-8-20(17-19)28-16-11-23(27)25-14-12-24(13-15-25)22-10-3-6-18-5-1-2-9-21(18)22/h1-10,17,26H,11-16H2. The monoisotopic (exact) mass is 376 g/mol. The minimum Gasteiger partial charge on any atom is -0.508 e. The number of phenols is 1. The highest BCUT2D eigenvalue weighted by molar-refractivity contribution is 5.94. The molecule has 1 heterocycles. The number of amides is 1. The summed E-state index contributed by atoms with van der Waals surface area (Å²) < 4.78 is 5.57. The average molecular weight is 376 g/mol. The number of rotatable bonds is 5. The van der Waals surface area contributed by atoms with Gasteiger partial charge in [0.2, 0.25) is 5.91 Å². The first-order chi connectivity index (χ1) is 13.7. The quantitative estimate of drug-likeness (QED) is 0.738. The minimum absolute atomic E-state index is 0.109. The van der Waals surface area contributed by atoms with Crippen LogP contribution in [0.2, 0.25) is 0 Å². The van der Waals surface area contributed by atoms with Gasteiger partial charge in [0, 0.05) is 43.3 Å². The van der Waals surface area contributed by atoms with Gasteiger partial charge in [-0.1, -0.05) is 42.5 Å². The molecule has 0 aliphatic carbocycles. The number of ether oxygens (including phenoxy) is 1. The van der Waals surface area contributed by atoms with Crippen molar-refractivity contribution in [3.63, 3.8) is 0 Å². The lowest BCUT2D eigenvalue weighted by Gasteiger charge is -2.36. The van der Waals surface area contributed by atoms with Crippen LogP contribution in [0.25, 0.3) is 10.8 Å². The number of aromatic hydroxyl groups is 1. The molecule has 0 unspecified atom stereocenters. The van der Waals surface area contributed by atoms with Crippen LogP contribution in [-0.2, 0) is 4.79 Å². The van der Waals surface area contributed by atoms with Crippen molar-refractivity contribution in [3.05, 3.63) is 66.7 Å². The highest BCUT2D eigenvalue weighted by atomic mass is 16.5. The lowest BCUT2D eigenvalue weighted by molar-refractivity contribution is -0.132. The molecule has 4 rings (SSSR count). The highest BCUT2D eigenvalue weighted by Crippen LogP contribution is 2.27. The Hall–Kier alpha value is -3.21. The van der Waals surface area contributed by atoms with Crippen molar-refractivity contribution >= 4 is 22.4 Å². The van der Waals surface area contributed by atoms with E-state index < -0.39 is 0 Å². The van der Waals surface area contributed by atoms with Crippen LogP contribution in [0.5, 0.6) is 11.5 Å². The zero-order chi connectivity index (χ0) is 19.3. The Kier molecular flexibility index (Phi) is 5.33. The SMILES string of the molecule is O=C(CCOc1cccc(O)c1)N1CCN(c2cccc3ccccc23)CC1. The number of piperazine rings is 1. The smallest absolute Gasteiger partial charge is 0.226 e. The molecule has 1 aliphatic heterocycles. The van der Waals surface area contributed by atoms with Gasteiger partial charge in [-0.05, 0) is 23.6 Å². The Morgan fingerprint density at radius 3 is 2.50 bits per heavy atom. The zero-order valence-electron chi connectivity index (χ0n) is 15.8. The van der Waals surface area contributed by atoms with Crippen LogP contribution in [0.3, 0.4) is 0 Å². The maximum atomic E-state index is 12.5. The number of fused-ring (bicyclic) bond motifs is 1. The van der Waals surface area contributed by atoms with Crippen molar-refractivity contribution in [1.82, 2.24) is 4.90 Å². The predicted octanol–water partition coefficient (Wildman–Crippen LogP) is 3.66. The van der Waals surface area contributed by atoms with E-state index in [1.807, 2.05) is 4.90 Å². The normalized spacial score (nSPS) is 14.3. The van der Waals surface area contributed by atoms with Gasteiger partial charge in [-0.25, -0.2) is 0 Å². The summed E-state index contributed by atoms with van der Waals surface area (Å²) in [5.41, 5.74) is 1.23. The molecule has 0 atom stereocenters. The molecule has 0 spiro atoms. The van der Waals surface area contributed by atoms with E-state index in [4.69, 9.17) is 4.74 Å². The summed E-state index contributed by atoms with van der Waals surface area (Å²) in [7, 11) is 0. The fourth-order valence-corrected chi connectivity index (χ4v) is 3.67. The molecule has 3 aromatic rings. The van der Waals surface area contributed by atoms with E-state index in [1.165, 1.54) is 16.5 Å². The Labute approximate surface area is 164 Å². The van der Waals surface area contributed by atoms with Gasteiger partial charge in [0.15, 0.2) is 0 Å². The molecular weight excluding hydrogens is 352 g/mol. The highest BCUT2D eigenvalue weighted by Gasteiger charge is 2.22. The van der Waals surface area contributed by atoms with E-state index >= 15 is 0 Å². The van der Waals surface area contributed by atoms with Crippen molar-refractivity contribution in [2.45, 2.75) is 6.42 Å². The largest absolute Gasteiger partial charge is 0.508 e. The van der Waals surface area contributed by atoms with Crippen LogP contribution in [0.1, 0.15) is 6.42 Å². The molecule has 1 N–H and O–H groups in total. The number of hydrogen-bond acceptors (Lipinski definition) is 4. The van der Waals surface area contributed by atoms with Crippen molar-refractivity contribution in [2.24, 2.45) is 0 Å². The lowest BCUT2D eigenvalue weighted by atomic mass is 10.1. The maximum Gasteiger partial charge on any atom is 0.226 e. The van der Waals surface area contributed by atoms with E-state index in [-0.39, 0.29) is 11.7 Å². The summed E-state index contributed by atoms with van der Waals surface area (Å²) >= 11 is 0. The predicted molar refractivity (Wildman–Crippen MR) is 111 cm³/mol. The number of carbonyl (C=O) groups is 1.